The third kappa shape index (κ3) is 7.19. The molecule has 2 aromatic carbocycles. The lowest BCUT2D eigenvalue weighted by Crippen LogP contribution is -2.38. The number of rotatable bonds is 7. The van der Waals surface area contributed by atoms with Crippen LogP contribution in [0.3, 0.4) is 0 Å². The highest BCUT2D eigenvalue weighted by molar-refractivity contribution is 7.89. The largest absolute Gasteiger partial charge is 0.455 e. The molecule has 0 bridgehead atoms. The van der Waals surface area contributed by atoms with E-state index in [9.17, 15) is 22.8 Å². The minimum absolute atomic E-state index is 0.0178. The summed E-state index contributed by atoms with van der Waals surface area (Å²) in [5.74, 6) is -1.81. The number of carbonyl (C=O) groups excluding carboxylic acids is 3. The van der Waals surface area contributed by atoms with E-state index in [0.29, 0.717) is 5.69 Å². The minimum atomic E-state index is -3.91. The molecule has 0 radical (unpaired) electrons. The predicted octanol–water partition coefficient (Wildman–Crippen LogP) is 2.09. The van der Waals surface area contributed by atoms with Crippen molar-refractivity contribution in [1.82, 2.24) is 10.0 Å². The normalized spacial score (nSPS) is 11.0. The van der Waals surface area contributed by atoms with Gasteiger partial charge >= 0.3 is 12.0 Å². The van der Waals surface area contributed by atoms with Crippen molar-refractivity contribution in [3.05, 3.63) is 58.7 Å². The Morgan fingerprint density at radius 3 is 2.26 bits per heavy atom. The molecule has 166 valence electrons. The van der Waals surface area contributed by atoms with Crippen LogP contribution in [-0.2, 0) is 24.3 Å². The highest BCUT2D eigenvalue weighted by Gasteiger charge is 2.18. The van der Waals surface area contributed by atoms with E-state index in [-0.39, 0.29) is 4.90 Å². The van der Waals surface area contributed by atoms with Crippen LogP contribution in [0.4, 0.5) is 10.5 Å². The Kier molecular flexibility index (Phi) is 7.89. The highest BCUT2D eigenvalue weighted by Crippen LogP contribution is 2.16. The molecule has 0 unspecified atom stereocenters. The summed E-state index contributed by atoms with van der Waals surface area (Å²) in [6.45, 7) is 5.96. The summed E-state index contributed by atoms with van der Waals surface area (Å²) in [5.41, 5.74) is 4.12. The Bertz CT molecular complexity index is 1110. The zero-order chi connectivity index (χ0) is 23.2. The third-order valence-electron chi connectivity index (χ3n) is 4.44. The van der Waals surface area contributed by atoms with Crippen molar-refractivity contribution in [3.63, 3.8) is 0 Å². The maximum atomic E-state index is 12.3. The first-order chi connectivity index (χ1) is 14.5. The van der Waals surface area contributed by atoms with Crippen LogP contribution >= 0.6 is 0 Å². The second kappa shape index (κ2) is 10.2. The van der Waals surface area contributed by atoms with Gasteiger partial charge in [-0.1, -0.05) is 23.8 Å². The van der Waals surface area contributed by atoms with Crippen molar-refractivity contribution in [2.75, 3.05) is 18.5 Å². The lowest BCUT2D eigenvalue weighted by atomic mass is 10.1. The van der Waals surface area contributed by atoms with Gasteiger partial charge < -0.3 is 10.1 Å². The van der Waals surface area contributed by atoms with Crippen LogP contribution in [-0.4, -0.2) is 39.5 Å². The molecule has 0 aliphatic heterocycles. The van der Waals surface area contributed by atoms with E-state index in [2.05, 4.69) is 10.0 Å². The van der Waals surface area contributed by atoms with Gasteiger partial charge in [0.1, 0.15) is 6.54 Å². The molecule has 0 atom stereocenters. The maximum absolute atomic E-state index is 12.3. The number of carbonyl (C=O) groups is 3. The summed E-state index contributed by atoms with van der Waals surface area (Å²) in [4.78, 5) is 35.5. The molecule has 3 N–H and O–H groups in total. The Labute approximate surface area is 181 Å². The molecule has 0 spiro atoms. The number of urea groups is 1. The SMILES string of the molecule is Cc1ccc(NC(=O)NC(=O)COC(=O)CNS(=O)(=O)c2ccc(C)c(C)c2)c(C)c1. The van der Waals surface area contributed by atoms with Crippen LogP contribution in [0.5, 0.6) is 0 Å². The smallest absolute Gasteiger partial charge is 0.325 e. The average Bonchev–Trinajstić information content (AvgIpc) is 2.69. The summed E-state index contributed by atoms with van der Waals surface area (Å²) in [6, 6.07) is 9.20. The minimum Gasteiger partial charge on any atom is -0.455 e. The first-order valence-corrected chi connectivity index (χ1v) is 10.9. The van der Waals surface area contributed by atoms with Gasteiger partial charge in [0.2, 0.25) is 10.0 Å². The Hall–Kier alpha value is -3.24. The number of anilines is 1. The first kappa shape index (κ1) is 24.0. The van der Waals surface area contributed by atoms with E-state index in [4.69, 9.17) is 4.74 Å². The molecule has 0 heterocycles. The molecule has 0 aliphatic rings. The van der Waals surface area contributed by atoms with Crippen molar-refractivity contribution in [2.45, 2.75) is 32.6 Å². The van der Waals surface area contributed by atoms with Gasteiger partial charge in [-0.2, -0.15) is 4.72 Å². The summed E-state index contributed by atoms with van der Waals surface area (Å²) < 4.78 is 31.3. The van der Waals surface area contributed by atoms with Crippen LogP contribution in [0.25, 0.3) is 0 Å². The number of ether oxygens (including phenoxy) is 1. The number of benzene rings is 2. The summed E-state index contributed by atoms with van der Waals surface area (Å²) in [5, 5.41) is 4.56. The molecule has 2 aromatic rings. The number of nitrogens with one attached hydrogen (secondary N) is 3. The summed E-state index contributed by atoms with van der Waals surface area (Å²) in [6.07, 6.45) is 0. The fourth-order valence-electron chi connectivity index (χ4n) is 2.59. The number of imide groups is 1. The van der Waals surface area contributed by atoms with Gasteiger partial charge in [-0.3, -0.25) is 14.9 Å². The van der Waals surface area contributed by atoms with E-state index < -0.39 is 41.1 Å². The molecule has 0 saturated heterocycles. The number of hydrogen-bond donors (Lipinski definition) is 3. The van der Waals surface area contributed by atoms with E-state index in [1.807, 2.05) is 38.2 Å². The molecular formula is C21H25N3O6S. The highest BCUT2D eigenvalue weighted by atomic mass is 32.2. The first-order valence-electron chi connectivity index (χ1n) is 9.38. The van der Waals surface area contributed by atoms with Crippen molar-refractivity contribution in [2.24, 2.45) is 0 Å². The van der Waals surface area contributed by atoms with Crippen LogP contribution in [0, 0.1) is 27.7 Å². The molecule has 0 aliphatic carbocycles. The van der Waals surface area contributed by atoms with Crippen LogP contribution in [0.15, 0.2) is 41.3 Å². The number of esters is 1. The van der Waals surface area contributed by atoms with Crippen LogP contribution in [0.2, 0.25) is 0 Å². The van der Waals surface area contributed by atoms with Gasteiger partial charge in [-0.05, 0) is 62.6 Å². The van der Waals surface area contributed by atoms with Crippen molar-refractivity contribution >= 4 is 33.6 Å². The quantitative estimate of drug-likeness (QED) is 0.557. The van der Waals surface area contributed by atoms with Gasteiger partial charge in [0.15, 0.2) is 6.61 Å². The van der Waals surface area contributed by atoms with Gasteiger partial charge in [0.25, 0.3) is 5.91 Å². The molecule has 0 aromatic heterocycles. The van der Waals surface area contributed by atoms with E-state index >= 15 is 0 Å². The summed E-state index contributed by atoms with van der Waals surface area (Å²) in [7, 11) is -3.91. The molecule has 10 heteroatoms. The number of amides is 3. The third-order valence-corrected chi connectivity index (χ3v) is 5.84. The van der Waals surface area contributed by atoms with E-state index in [1.54, 1.807) is 19.1 Å². The number of aryl methyl sites for hydroxylation is 4. The topological polar surface area (TPSA) is 131 Å². The van der Waals surface area contributed by atoms with Gasteiger partial charge in [0.05, 0.1) is 4.90 Å². The molecule has 3 amide bonds. The molecule has 0 saturated carbocycles. The Morgan fingerprint density at radius 1 is 0.903 bits per heavy atom. The van der Waals surface area contributed by atoms with Gasteiger partial charge in [-0.15, -0.1) is 0 Å². The standard InChI is InChI=1S/C21H25N3O6S/c1-13-5-8-18(16(4)9-13)23-21(27)24-19(25)12-30-20(26)11-22-31(28,29)17-7-6-14(2)15(3)10-17/h5-10,22H,11-12H2,1-4H3,(H2,23,24,25,27). The fraction of sp³-hybridized carbons (Fsp3) is 0.286. The van der Waals surface area contributed by atoms with Crippen LogP contribution in [0.1, 0.15) is 22.3 Å². The monoisotopic (exact) mass is 447 g/mol. The zero-order valence-corrected chi connectivity index (χ0v) is 18.6. The second-order valence-corrected chi connectivity index (χ2v) is 8.82. The number of hydrogen-bond acceptors (Lipinski definition) is 6. The van der Waals surface area contributed by atoms with Crippen molar-refractivity contribution in [3.8, 4) is 0 Å². The Morgan fingerprint density at radius 2 is 1.61 bits per heavy atom. The average molecular weight is 448 g/mol. The lowest BCUT2D eigenvalue weighted by molar-refractivity contribution is -0.147. The summed E-state index contributed by atoms with van der Waals surface area (Å²) >= 11 is 0. The van der Waals surface area contributed by atoms with Crippen LogP contribution < -0.4 is 15.4 Å². The van der Waals surface area contributed by atoms with Gasteiger partial charge in [-0.25, -0.2) is 13.2 Å². The van der Waals surface area contributed by atoms with Crippen molar-refractivity contribution < 1.29 is 27.5 Å². The molecular weight excluding hydrogens is 422 g/mol. The predicted molar refractivity (Wildman–Crippen MR) is 115 cm³/mol. The molecule has 9 nitrogen and oxygen atoms in total. The number of sulfonamides is 1. The van der Waals surface area contributed by atoms with E-state index in [1.165, 1.54) is 12.1 Å². The fourth-order valence-corrected chi connectivity index (χ4v) is 3.64. The Balaban J connectivity index is 1.79. The molecule has 2 rings (SSSR count). The van der Waals surface area contributed by atoms with Gasteiger partial charge in [0, 0.05) is 5.69 Å². The zero-order valence-electron chi connectivity index (χ0n) is 17.7. The van der Waals surface area contributed by atoms with Crippen molar-refractivity contribution in [1.29, 1.82) is 0 Å². The van der Waals surface area contributed by atoms with E-state index in [0.717, 1.165) is 22.3 Å². The molecule has 0 fully saturated rings. The maximum Gasteiger partial charge on any atom is 0.325 e. The lowest BCUT2D eigenvalue weighted by Gasteiger charge is -2.10. The second-order valence-electron chi connectivity index (χ2n) is 7.05. The molecule has 31 heavy (non-hydrogen) atoms.